The molecule has 0 spiro atoms. The van der Waals surface area contributed by atoms with Crippen LogP contribution in [0.3, 0.4) is 0 Å². The van der Waals surface area contributed by atoms with Gasteiger partial charge in [-0.3, -0.25) is 0 Å². The summed E-state index contributed by atoms with van der Waals surface area (Å²) >= 11 is 0. The van der Waals surface area contributed by atoms with E-state index >= 15 is 0 Å². The predicted molar refractivity (Wildman–Crippen MR) is 71.5 cm³/mol. The Balaban J connectivity index is 2.27. The van der Waals surface area contributed by atoms with Crippen molar-refractivity contribution >= 4 is 10.9 Å². The minimum absolute atomic E-state index is 0.0600. The van der Waals surface area contributed by atoms with Gasteiger partial charge in [0.2, 0.25) is 0 Å². The molecule has 0 aliphatic heterocycles. The maximum atomic E-state index is 12.7. The zero-order valence-electron chi connectivity index (χ0n) is 11.8. The fraction of sp³-hybridized carbons (Fsp3) is 0.429. The van der Waals surface area contributed by atoms with Crippen molar-refractivity contribution in [2.24, 2.45) is 0 Å². The zero-order chi connectivity index (χ0) is 17.3. The van der Waals surface area contributed by atoms with Gasteiger partial charge in [0.15, 0.2) is 0 Å². The maximum absolute atomic E-state index is 12.7. The average Bonchev–Trinajstić information content (AvgIpc) is 2.66. The Hall–Kier alpha value is -1.90. The van der Waals surface area contributed by atoms with E-state index in [1.165, 1.54) is 12.1 Å². The number of halogens is 6. The zero-order valence-corrected chi connectivity index (χ0v) is 11.8. The minimum atomic E-state index is -4.54. The van der Waals surface area contributed by atoms with E-state index in [0.717, 1.165) is 0 Å². The number of para-hydroxylation sites is 1. The van der Waals surface area contributed by atoms with Crippen molar-refractivity contribution < 1.29 is 31.5 Å². The molecule has 0 aliphatic rings. The molecule has 0 fully saturated rings. The second kappa shape index (κ2) is 6.31. The monoisotopic (exact) mass is 340 g/mol. The summed E-state index contributed by atoms with van der Waals surface area (Å²) < 4.78 is 74.8. The Kier molecular flexibility index (Phi) is 4.79. The molecule has 0 unspecified atom stereocenters. The van der Waals surface area contributed by atoms with Crippen LogP contribution < -0.4 is 5.32 Å². The Bertz CT molecular complexity index is 674. The maximum Gasteiger partial charge on any atom is 0.401 e. The largest absolute Gasteiger partial charge is 0.428 e. The number of benzene rings is 1. The summed E-state index contributed by atoms with van der Waals surface area (Å²) in [4.78, 5) is 0. The second-order valence-electron chi connectivity index (χ2n) is 5.09. The Morgan fingerprint density at radius 2 is 1.65 bits per heavy atom. The molecule has 0 atom stereocenters. The first kappa shape index (κ1) is 17.5. The topological polar surface area (TPSA) is 37.2 Å². The lowest BCUT2D eigenvalue weighted by molar-refractivity contribution is -0.129. The van der Waals surface area contributed by atoms with Gasteiger partial charge < -0.3 is 10.5 Å². The molecule has 9 heteroatoms. The van der Waals surface area contributed by atoms with Gasteiger partial charge in [-0.15, -0.1) is 0 Å². The molecule has 0 bridgehead atoms. The number of aromatic nitrogens is 1. The highest BCUT2D eigenvalue weighted by molar-refractivity contribution is 5.85. The minimum Gasteiger partial charge on any atom is -0.428 e. The third kappa shape index (κ3) is 4.54. The molecule has 1 aromatic heterocycles. The summed E-state index contributed by atoms with van der Waals surface area (Å²) in [6.07, 6.45) is -10.3. The molecular formula is C14H14F6N2O. The lowest BCUT2D eigenvalue weighted by Crippen LogP contribution is -2.30. The van der Waals surface area contributed by atoms with Crippen LogP contribution in [0, 0.1) is 0 Å². The van der Waals surface area contributed by atoms with E-state index < -0.39 is 25.3 Å². The van der Waals surface area contributed by atoms with E-state index in [9.17, 15) is 31.5 Å². The summed E-state index contributed by atoms with van der Waals surface area (Å²) in [5.41, 5.74) is 0.0279. The van der Waals surface area contributed by atoms with Gasteiger partial charge >= 0.3 is 12.4 Å². The number of nitrogens with zero attached hydrogens (tertiary/aromatic N) is 1. The van der Waals surface area contributed by atoms with Crippen LogP contribution in [0.5, 0.6) is 0 Å². The van der Waals surface area contributed by atoms with Gasteiger partial charge in [0, 0.05) is 5.39 Å². The van der Waals surface area contributed by atoms with Gasteiger partial charge in [-0.1, -0.05) is 18.2 Å². The molecule has 23 heavy (non-hydrogen) atoms. The second-order valence-corrected chi connectivity index (χ2v) is 5.09. The van der Waals surface area contributed by atoms with E-state index in [0.29, 0.717) is 10.1 Å². The first-order chi connectivity index (χ1) is 10.6. The number of rotatable bonds is 5. The fourth-order valence-corrected chi connectivity index (χ4v) is 2.44. The van der Waals surface area contributed by atoms with Gasteiger partial charge in [-0.2, -0.15) is 31.1 Å². The summed E-state index contributed by atoms with van der Waals surface area (Å²) in [6, 6.07) is 6.12. The molecule has 1 heterocycles. The Labute approximate surface area is 127 Å². The van der Waals surface area contributed by atoms with E-state index in [4.69, 9.17) is 0 Å². The smallest absolute Gasteiger partial charge is 0.401 e. The van der Waals surface area contributed by atoms with Crippen LogP contribution in [-0.4, -0.2) is 35.4 Å². The lowest BCUT2D eigenvalue weighted by Gasteiger charge is -2.11. The molecule has 128 valence electrons. The van der Waals surface area contributed by atoms with E-state index in [2.05, 4.69) is 5.32 Å². The number of alkyl halides is 6. The highest BCUT2D eigenvalue weighted by Gasteiger charge is 2.32. The molecule has 0 saturated heterocycles. The van der Waals surface area contributed by atoms with Crippen LogP contribution in [-0.2, 0) is 12.8 Å². The van der Waals surface area contributed by atoms with Crippen molar-refractivity contribution in [3.05, 3.63) is 35.5 Å². The molecule has 0 aliphatic carbocycles. The van der Waals surface area contributed by atoms with Crippen LogP contribution in [0.2, 0.25) is 0 Å². The first-order valence-corrected chi connectivity index (χ1v) is 6.73. The first-order valence-electron chi connectivity index (χ1n) is 6.73. The van der Waals surface area contributed by atoms with Crippen LogP contribution >= 0.6 is 0 Å². The summed E-state index contributed by atoms with van der Waals surface area (Å²) in [5, 5.41) is 12.5. The van der Waals surface area contributed by atoms with Gasteiger partial charge in [0.25, 0.3) is 0 Å². The SMILES string of the molecule is On1c(CC(F)(F)F)c(CCNCC(F)(F)F)c2ccccc21. The molecule has 2 N–H and O–H groups in total. The summed E-state index contributed by atoms with van der Waals surface area (Å²) in [6.45, 7) is -1.38. The Morgan fingerprint density at radius 3 is 2.26 bits per heavy atom. The normalized spacial score (nSPS) is 13.0. The van der Waals surface area contributed by atoms with E-state index in [1.54, 1.807) is 12.1 Å². The highest BCUT2D eigenvalue weighted by Crippen LogP contribution is 2.30. The van der Waals surface area contributed by atoms with Gasteiger partial charge in [-0.05, 0) is 24.6 Å². The average molecular weight is 340 g/mol. The number of fused-ring (bicyclic) bond motifs is 1. The number of hydrogen-bond donors (Lipinski definition) is 2. The molecule has 0 amide bonds. The van der Waals surface area contributed by atoms with Crippen LogP contribution in [0.1, 0.15) is 11.3 Å². The van der Waals surface area contributed by atoms with Crippen molar-refractivity contribution in [3.8, 4) is 0 Å². The van der Waals surface area contributed by atoms with Crippen molar-refractivity contribution in [1.29, 1.82) is 0 Å². The standard InChI is InChI=1S/C14H14F6N2O/c15-13(16,17)7-12-10(5-6-21-8-14(18,19)20)9-3-1-2-4-11(9)22(12)23/h1-4,21,23H,5-8H2. The molecule has 0 radical (unpaired) electrons. The van der Waals surface area contributed by atoms with Crippen molar-refractivity contribution in [1.82, 2.24) is 10.0 Å². The predicted octanol–water partition coefficient (Wildman–Crippen LogP) is 3.68. The van der Waals surface area contributed by atoms with Crippen LogP contribution in [0.15, 0.2) is 24.3 Å². The van der Waals surface area contributed by atoms with Crippen molar-refractivity contribution in [3.63, 3.8) is 0 Å². The van der Waals surface area contributed by atoms with Crippen LogP contribution in [0.4, 0.5) is 26.3 Å². The summed E-state index contributed by atoms with van der Waals surface area (Å²) in [5.74, 6) is 0. The summed E-state index contributed by atoms with van der Waals surface area (Å²) in [7, 11) is 0. The highest BCUT2D eigenvalue weighted by atomic mass is 19.4. The molecular weight excluding hydrogens is 326 g/mol. The molecule has 0 saturated carbocycles. The molecule has 2 rings (SSSR count). The Morgan fingerprint density at radius 1 is 1.00 bits per heavy atom. The van der Waals surface area contributed by atoms with Crippen LogP contribution in [0.25, 0.3) is 10.9 Å². The number of nitrogens with one attached hydrogen (secondary N) is 1. The lowest BCUT2D eigenvalue weighted by atomic mass is 10.1. The van der Waals surface area contributed by atoms with Gasteiger partial charge in [0.05, 0.1) is 24.2 Å². The quantitative estimate of drug-likeness (QED) is 0.495. The third-order valence-electron chi connectivity index (χ3n) is 3.31. The number of hydrogen-bond acceptors (Lipinski definition) is 2. The third-order valence-corrected chi connectivity index (χ3v) is 3.31. The van der Waals surface area contributed by atoms with Gasteiger partial charge in [0.1, 0.15) is 0 Å². The molecule has 1 aromatic carbocycles. The van der Waals surface area contributed by atoms with Gasteiger partial charge in [-0.25, -0.2) is 0 Å². The molecule has 3 nitrogen and oxygen atoms in total. The van der Waals surface area contributed by atoms with Crippen molar-refractivity contribution in [2.75, 3.05) is 13.1 Å². The van der Waals surface area contributed by atoms with Crippen molar-refractivity contribution in [2.45, 2.75) is 25.2 Å². The fourth-order valence-electron chi connectivity index (χ4n) is 2.44. The van der Waals surface area contributed by atoms with E-state index in [1.807, 2.05) is 0 Å². The molecule has 2 aromatic rings. The van der Waals surface area contributed by atoms with E-state index in [-0.39, 0.29) is 29.7 Å².